The molecule has 8 nitrogen and oxygen atoms in total. The molecule has 1 aliphatic heterocycles. The molecule has 3 aromatic rings. The van der Waals surface area contributed by atoms with E-state index in [9.17, 15) is 14.4 Å². The van der Waals surface area contributed by atoms with Gasteiger partial charge in [-0.25, -0.2) is 0 Å². The van der Waals surface area contributed by atoms with Crippen LogP contribution in [0.5, 0.6) is 11.5 Å². The van der Waals surface area contributed by atoms with Gasteiger partial charge in [-0.1, -0.05) is 18.2 Å². The van der Waals surface area contributed by atoms with Crippen LogP contribution in [0.25, 0.3) is 0 Å². The molecule has 168 valence electrons. The largest absolute Gasteiger partial charge is 0.485 e. The standard InChI is InChI=1S/C25H23N3O5/c1-17-5-4-7-20(11-17)32-15-22(29)18-8-9-23-21(12-18)28(25(31)16-33-23)14-24(30)27-13-19-6-2-3-10-26-19/h2-12H,13-16H2,1H3,(H,27,30). The molecule has 33 heavy (non-hydrogen) atoms. The third kappa shape index (κ3) is 5.54. The number of hydrogen-bond donors (Lipinski definition) is 1. The molecule has 1 aliphatic rings. The molecule has 0 saturated heterocycles. The number of nitrogens with zero attached hydrogens (tertiary/aromatic N) is 2. The van der Waals surface area contributed by atoms with E-state index < -0.39 is 0 Å². The molecule has 4 rings (SSSR count). The maximum atomic E-state index is 12.7. The number of anilines is 1. The average Bonchev–Trinajstić information content (AvgIpc) is 2.83. The Kier molecular flexibility index (Phi) is 6.64. The number of benzene rings is 2. The van der Waals surface area contributed by atoms with Crippen molar-refractivity contribution in [1.29, 1.82) is 0 Å². The van der Waals surface area contributed by atoms with E-state index in [1.165, 1.54) is 4.90 Å². The Bertz CT molecular complexity index is 1180. The Hall–Kier alpha value is -4.20. The summed E-state index contributed by atoms with van der Waals surface area (Å²) in [4.78, 5) is 43.2. The third-order valence-electron chi connectivity index (χ3n) is 5.08. The van der Waals surface area contributed by atoms with Gasteiger partial charge < -0.3 is 14.8 Å². The van der Waals surface area contributed by atoms with E-state index in [1.807, 2.05) is 31.2 Å². The predicted molar refractivity (Wildman–Crippen MR) is 121 cm³/mol. The summed E-state index contributed by atoms with van der Waals surface area (Å²) in [6.45, 7) is 1.67. The van der Waals surface area contributed by atoms with Crippen molar-refractivity contribution in [2.45, 2.75) is 13.5 Å². The molecule has 0 spiro atoms. The number of Topliss-reactive ketones (excluding diaryl/α,β-unsaturated/α-hetero) is 1. The van der Waals surface area contributed by atoms with Crippen molar-refractivity contribution < 1.29 is 23.9 Å². The number of nitrogens with one attached hydrogen (secondary N) is 1. The molecule has 1 aromatic heterocycles. The Morgan fingerprint density at radius 1 is 1.12 bits per heavy atom. The van der Waals surface area contributed by atoms with E-state index in [2.05, 4.69) is 10.3 Å². The van der Waals surface area contributed by atoms with E-state index in [0.29, 0.717) is 28.4 Å². The van der Waals surface area contributed by atoms with Gasteiger partial charge in [0.1, 0.15) is 18.0 Å². The van der Waals surface area contributed by atoms with Gasteiger partial charge in [0.25, 0.3) is 5.91 Å². The fraction of sp³-hybridized carbons (Fsp3) is 0.200. The van der Waals surface area contributed by atoms with Crippen LogP contribution in [0.2, 0.25) is 0 Å². The molecule has 0 fully saturated rings. The smallest absolute Gasteiger partial charge is 0.265 e. The van der Waals surface area contributed by atoms with Crippen LogP contribution in [0.15, 0.2) is 66.9 Å². The lowest BCUT2D eigenvalue weighted by Crippen LogP contribution is -2.45. The first-order valence-electron chi connectivity index (χ1n) is 10.5. The molecule has 0 bridgehead atoms. The van der Waals surface area contributed by atoms with Crippen LogP contribution < -0.4 is 19.7 Å². The molecular formula is C25H23N3O5. The van der Waals surface area contributed by atoms with Crippen LogP contribution >= 0.6 is 0 Å². The van der Waals surface area contributed by atoms with Crippen LogP contribution in [-0.2, 0) is 16.1 Å². The van der Waals surface area contributed by atoms with E-state index >= 15 is 0 Å². The van der Waals surface area contributed by atoms with Gasteiger partial charge in [-0.15, -0.1) is 0 Å². The number of hydrogen-bond acceptors (Lipinski definition) is 6. The fourth-order valence-electron chi connectivity index (χ4n) is 3.38. The molecular weight excluding hydrogens is 422 g/mol. The minimum Gasteiger partial charge on any atom is -0.485 e. The number of aromatic nitrogens is 1. The maximum absolute atomic E-state index is 12.7. The zero-order valence-electron chi connectivity index (χ0n) is 18.1. The number of ether oxygens (including phenoxy) is 2. The van der Waals surface area contributed by atoms with Crippen molar-refractivity contribution in [3.8, 4) is 11.5 Å². The first kappa shape index (κ1) is 22.0. The zero-order chi connectivity index (χ0) is 23.2. The van der Waals surface area contributed by atoms with Crippen LogP contribution in [-0.4, -0.2) is 42.3 Å². The Balaban J connectivity index is 1.44. The fourth-order valence-corrected chi connectivity index (χ4v) is 3.38. The maximum Gasteiger partial charge on any atom is 0.265 e. The van der Waals surface area contributed by atoms with Crippen molar-refractivity contribution in [2.75, 3.05) is 24.7 Å². The molecule has 0 saturated carbocycles. The molecule has 0 unspecified atom stereocenters. The number of ketones is 1. The summed E-state index contributed by atoms with van der Waals surface area (Å²) in [5.41, 5.74) is 2.47. The van der Waals surface area contributed by atoms with Crippen molar-refractivity contribution in [2.24, 2.45) is 0 Å². The van der Waals surface area contributed by atoms with Crippen molar-refractivity contribution in [3.05, 3.63) is 83.7 Å². The first-order chi connectivity index (χ1) is 16.0. The second-order valence-electron chi connectivity index (χ2n) is 7.58. The van der Waals surface area contributed by atoms with Crippen molar-refractivity contribution >= 4 is 23.3 Å². The van der Waals surface area contributed by atoms with Crippen LogP contribution in [0.4, 0.5) is 5.69 Å². The van der Waals surface area contributed by atoms with Gasteiger partial charge in [-0.3, -0.25) is 24.3 Å². The van der Waals surface area contributed by atoms with E-state index in [0.717, 1.165) is 5.56 Å². The number of aryl methyl sites for hydroxylation is 1. The Labute approximate surface area is 191 Å². The highest BCUT2D eigenvalue weighted by Gasteiger charge is 2.28. The van der Waals surface area contributed by atoms with E-state index in [4.69, 9.17) is 9.47 Å². The topological polar surface area (TPSA) is 97.8 Å². The summed E-state index contributed by atoms with van der Waals surface area (Å²) in [6, 6.07) is 17.6. The lowest BCUT2D eigenvalue weighted by atomic mass is 10.1. The first-order valence-corrected chi connectivity index (χ1v) is 10.5. The van der Waals surface area contributed by atoms with Gasteiger partial charge in [0, 0.05) is 11.8 Å². The number of pyridine rings is 1. The van der Waals surface area contributed by atoms with Gasteiger partial charge in [0.05, 0.1) is 17.9 Å². The van der Waals surface area contributed by atoms with E-state index in [-0.39, 0.29) is 43.9 Å². The second kappa shape index (κ2) is 9.95. The highest BCUT2D eigenvalue weighted by molar-refractivity contribution is 6.04. The average molecular weight is 445 g/mol. The van der Waals surface area contributed by atoms with Crippen LogP contribution in [0.3, 0.4) is 0 Å². The highest BCUT2D eigenvalue weighted by atomic mass is 16.5. The number of amides is 2. The summed E-state index contributed by atoms with van der Waals surface area (Å²) in [6.07, 6.45) is 1.64. The summed E-state index contributed by atoms with van der Waals surface area (Å²) in [5.74, 6) is 0.0728. The lowest BCUT2D eigenvalue weighted by molar-refractivity contribution is -0.125. The monoisotopic (exact) mass is 445 g/mol. The van der Waals surface area contributed by atoms with Gasteiger partial charge in [0.2, 0.25) is 5.91 Å². The number of carbonyl (C=O) groups is 3. The summed E-state index contributed by atoms with van der Waals surface area (Å²) >= 11 is 0. The number of rotatable bonds is 8. The van der Waals surface area contributed by atoms with E-state index in [1.54, 1.807) is 42.6 Å². The minimum atomic E-state index is -0.365. The highest BCUT2D eigenvalue weighted by Crippen LogP contribution is 2.33. The van der Waals surface area contributed by atoms with Crippen LogP contribution in [0, 0.1) is 6.92 Å². The lowest BCUT2D eigenvalue weighted by Gasteiger charge is -2.29. The van der Waals surface area contributed by atoms with Gasteiger partial charge in [-0.2, -0.15) is 0 Å². The molecule has 8 heteroatoms. The Morgan fingerprint density at radius 3 is 2.79 bits per heavy atom. The third-order valence-corrected chi connectivity index (χ3v) is 5.08. The normalized spacial score (nSPS) is 12.5. The Morgan fingerprint density at radius 2 is 2.00 bits per heavy atom. The van der Waals surface area contributed by atoms with Crippen LogP contribution in [0.1, 0.15) is 21.6 Å². The van der Waals surface area contributed by atoms with Crippen molar-refractivity contribution in [3.63, 3.8) is 0 Å². The SMILES string of the molecule is Cc1cccc(OCC(=O)c2ccc3c(c2)N(CC(=O)NCc2ccccn2)C(=O)CO3)c1. The summed E-state index contributed by atoms with van der Waals surface area (Å²) in [7, 11) is 0. The zero-order valence-corrected chi connectivity index (χ0v) is 18.1. The molecule has 0 aliphatic carbocycles. The molecule has 1 N–H and O–H groups in total. The number of carbonyl (C=O) groups excluding carboxylic acids is 3. The second-order valence-corrected chi connectivity index (χ2v) is 7.58. The minimum absolute atomic E-state index is 0.151. The summed E-state index contributed by atoms with van der Waals surface area (Å²) in [5, 5.41) is 2.75. The molecule has 0 atom stereocenters. The molecule has 2 heterocycles. The van der Waals surface area contributed by atoms with Gasteiger partial charge in [-0.05, 0) is 55.0 Å². The molecule has 2 amide bonds. The summed E-state index contributed by atoms with van der Waals surface area (Å²) < 4.78 is 11.1. The quantitative estimate of drug-likeness (QED) is 0.536. The van der Waals surface area contributed by atoms with Gasteiger partial charge >= 0.3 is 0 Å². The van der Waals surface area contributed by atoms with Crippen molar-refractivity contribution in [1.82, 2.24) is 10.3 Å². The number of fused-ring (bicyclic) bond motifs is 1. The predicted octanol–water partition coefficient (Wildman–Crippen LogP) is 2.69. The molecule has 0 radical (unpaired) electrons. The van der Waals surface area contributed by atoms with Gasteiger partial charge in [0.15, 0.2) is 19.0 Å². The molecule has 2 aromatic carbocycles.